The van der Waals surface area contributed by atoms with Crippen molar-refractivity contribution in [3.8, 4) is 5.88 Å². The molecule has 0 saturated carbocycles. The van der Waals surface area contributed by atoms with E-state index in [1.807, 2.05) is 49.4 Å². The largest absolute Gasteiger partial charge is 0.493 e. The van der Waals surface area contributed by atoms with Crippen LogP contribution >= 0.6 is 0 Å². The first-order valence-corrected chi connectivity index (χ1v) is 11.9. The average Bonchev–Trinajstić information content (AvgIpc) is 3.35. The number of benzene rings is 2. The molecule has 7 nitrogen and oxygen atoms in total. The predicted octanol–water partition coefficient (Wildman–Crippen LogP) is 4.77. The summed E-state index contributed by atoms with van der Waals surface area (Å²) >= 11 is 0. The van der Waals surface area contributed by atoms with E-state index in [0.717, 1.165) is 47.3 Å². The molecule has 1 fully saturated rings. The summed E-state index contributed by atoms with van der Waals surface area (Å²) in [6.07, 6.45) is 4.28. The van der Waals surface area contributed by atoms with Crippen molar-refractivity contribution in [3.05, 3.63) is 89.2 Å². The highest BCUT2D eigenvalue weighted by molar-refractivity contribution is 6.09. The Kier molecular flexibility index (Phi) is 6.33. The molecule has 3 N–H and O–H groups in total. The summed E-state index contributed by atoms with van der Waals surface area (Å²) in [7, 11) is 0. The SMILES string of the molecule is Cc1cc(O)nc2ccc(NC(=O)c3cc(CCO)ccc3N3CCCC3c3ccccn3)cc12. The van der Waals surface area contributed by atoms with Gasteiger partial charge >= 0.3 is 0 Å². The third-order valence-electron chi connectivity index (χ3n) is 6.56. The Morgan fingerprint density at radius 1 is 1.14 bits per heavy atom. The van der Waals surface area contributed by atoms with Gasteiger partial charge in [0.05, 0.1) is 28.5 Å². The maximum absolute atomic E-state index is 13.6. The van der Waals surface area contributed by atoms with Crippen LogP contribution in [0, 0.1) is 6.92 Å². The van der Waals surface area contributed by atoms with E-state index in [4.69, 9.17) is 0 Å². The number of aromatic nitrogens is 2. The summed E-state index contributed by atoms with van der Waals surface area (Å²) in [5.41, 5.74) is 5.53. The summed E-state index contributed by atoms with van der Waals surface area (Å²) in [6, 6.07) is 18.9. The van der Waals surface area contributed by atoms with Crippen LogP contribution in [0.5, 0.6) is 5.88 Å². The quantitative estimate of drug-likeness (QED) is 0.377. The van der Waals surface area contributed by atoms with Crippen molar-refractivity contribution < 1.29 is 15.0 Å². The lowest BCUT2D eigenvalue weighted by molar-refractivity contribution is 0.102. The zero-order chi connectivity index (χ0) is 24.4. The summed E-state index contributed by atoms with van der Waals surface area (Å²) in [5, 5.41) is 23.1. The summed E-state index contributed by atoms with van der Waals surface area (Å²) < 4.78 is 0. The van der Waals surface area contributed by atoms with Crippen molar-refractivity contribution in [2.24, 2.45) is 0 Å². The number of aliphatic hydroxyl groups excluding tert-OH is 1. The Labute approximate surface area is 204 Å². The van der Waals surface area contributed by atoms with E-state index >= 15 is 0 Å². The van der Waals surface area contributed by atoms with E-state index in [1.165, 1.54) is 0 Å². The molecule has 1 unspecified atom stereocenters. The number of amides is 1. The van der Waals surface area contributed by atoms with E-state index in [-0.39, 0.29) is 24.4 Å². The Hall–Kier alpha value is -3.97. The highest BCUT2D eigenvalue weighted by atomic mass is 16.3. The second-order valence-corrected chi connectivity index (χ2v) is 8.91. The fourth-order valence-electron chi connectivity index (χ4n) is 4.89. The highest BCUT2D eigenvalue weighted by Crippen LogP contribution is 2.37. The van der Waals surface area contributed by atoms with Gasteiger partial charge in [-0.3, -0.25) is 9.78 Å². The van der Waals surface area contributed by atoms with Crippen LogP contribution in [0.15, 0.2) is 66.9 Å². The number of hydrogen-bond donors (Lipinski definition) is 3. The van der Waals surface area contributed by atoms with E-state index in [1.54, 1.807) is 24.4 Å². The lowest BCUT2D eigenvalue weighted by Crippen LogP contribution is -2.26. The number of hydrogen-bond acceptors (Lipinski definition) is 6. The number of rotatable bonds is 6. The molecule has 35 heavy (non-hydrogen) atoms. The van der Waals surface area contributed by atoms with Crippen molar-refractivity contribution in [1.82, 2.24) is 9.97 Å². The molecule has 0 radical (unpaired) electrons. The maximum atomic E-state index is 13.6. The standard InChI is InChI=1S/C28H28N4O3/c1-18-15-27(34)31-23-9-8-20(17-21(18)23)30-28(35)22-16-19(11-14-33)7-10-25(22)32-13-4-6-26(32)24-5-2-3-12-29-24/h2-3,5,7-10,12,15-17,26,33H,4,6,11,13-14H2,1H3,(H,30,35)(H,31,34). The van der Waals surface area contributed by atoms with Crippen LogP contribution < -0.4 is 10.2 Å². The molecule has 0 aliphatic carbocycles. The van der Waals surface area contributed by atoms with Crippen molar-refractivity contribution >= 4 is 28.2 Å². The minimum absolute atomic E-state index is 0.0183. The van der Waals surface area contributed by atoms with Gasteiger partial charge < -0.3 is 20.4 Å². The minimum atomic E-state index is -0.213. The zero-order valence-corrected chi connectivity index (χ0v) is 19.6. The molecule has 2 aromatic heterocycles. The molecule has 1 aliphatic rings. The molecular weight excluding hydrogens is 440 g/mol. The van der Waals surface area contributed by atoms with Crippen LogP contribution in [-0.2, 0) is 6.42 Å². The molecule has 4 aromatic rings. The molecule has 3 heterocycles. The van der Waals surface area contributed by atoms with E-state index in [0.29, 0.717) is 23.2 Å². The molecule has 0 bridgehead atoms. The smallest absolute Gasteiger partial charge is 0.257 e. The van der Waals surface area contributed by atoms with Gasteiger partial charge in [0, 0.05) is 36.5 Å². The van der Waals surface area contributed by atoms with Crippen LogP contribution in [0.25, 0.3) is 10.9 Å². The lowest BCUT2D eigenvalue weighted by atomic mass is 10.0. The number of aromatic hydroxyl groups is 1. The monoisotopic (exact) mass is 468 g/mol. The fraction of sp³-hybridized carbons (Fsp3) is 0.250. The van der Waals surface area contributed by atoms with Crippen molar-refractivity contribution in [3.63, 3.8) is 0 Å². The number of anilines is 2. The van der Waals surface area contributed by atoms with E-state index in [2.05, 4.69) is 20.2 Å². The third-order valence-corrected chi connectivity index (χ3v) is 6.56. The second-order valence-electron chi connectivity index (χ2n) is 8.91. The van der Waals surface area contributed by atoms with Gasteiger partial charge in [0.15, 0.2) is 0 Å². The lowest BCUT2D eigenvalue weighted by Gasteiger charge is -2.28. The minimum Gasteiger partial charge on any atom is -0.493 e. The molecule has 1 amide bonds. The number of nitrogens with zero attached hydrogens (tertiary/aromatic N) is 3. The molecule has 1 atom stereocenters. The molecular formula is C28H28N4O3. The van der Waals surface area contributed by atoms with Gasteiger partial charge in [-0.25, -0.2) is 4.98 Å². The molecule has 0 spiro atoms. The first-order valence-electron chi connectivity index (χ1n) is 11.9. The van der Waals surface area contributed by atoms with Crippen molar-refractivity contribution in [2.45, 2.75) is 32.2 Å². The summed E-state index contributed by atoms with van der Waals surface area (Å²) in [5.74, 6) is -0.236. The Morgan fingerprint density at radius 2 is 2.03 bits per heavy atom. The van der Waals surface area contributed by atoms with Gasteiger partial charge in [0.25, 0.3) is 5.91 Å². The van der Waals surface area contributed by atoms with Gasteiger partial charge in [-0.1, -0.05) is 12.1 Å². The van der Waals surface area contributed by atoms with E-state index in [9.17, 15) is 15.0 Å². The predicted molar refractivity (Wildman–Crippen MR) is 137 cm³/mol. The maximum Gasteiger partial charge on any atom is 0.257 e. The van der Waals surface area contributed by atoms with Crippen molar-refractivity contribution in [2.75, 3.05) is 23.4 Å². The van der Waals surface area contributed by atoms with Crippen LogP contribution in [0.4, 0.5) is 11.4 Å². The fourth-order valence-corrected chi connectivity index (χ4v) is 4.89. The van der Waals surface area contributed by atoms with Crippen LogP contribution in [0.1, 0.15) is 46.1 Å². The summed E-state index contributed by atoms with van der Waals surface area (Å²) in [4.78, 5) is 24.6. The first-order chi connectivity index (χ1) is 17.0. The Morgan fingerprint density at radius 3 is 2.83 bits per heavy atom. The Bertz CT molecular complexity index is 1370. The number of aryl methyl sites for hydroxylation is 1. The number of carbonyl (C=O) groups is 1. The average molecular weight is 469 g/mol. The number of nitrogens with one attached hydrogen (secondary N) is 1. The first kappa shape index (κ1) is 22.8. The van der Waals surface area contributed by atoms with Gasteiger partial charge in [0.1, 0.15) is 0 Å². The van der Waals surface area contributed by atoms with Gasteiger partial charge in [0.2, 0.25) is 5.88 Å². The number of carbonyl (C=O) groups excluding carboxylic acids is 1. The van der Waals surface area contributed by atoms with Gasteiger partial charge in [-0.05, 0) is 79.8 Å². The normalized spacial score (nSPS) is 15.5. The zero-order valence-electron chi connectivity index (χ0n) is 19.6. The molecule has 7 heteroatoms. The van der Waals surface area contributed by atoms with Crippen LogP contribution in [0.3, 0.4) is 0 Å². The highest BCUT2D eigenvalue weighted by Gasteiger charge is 2.30. The molecule has 1 saturated heterocycles. The van der Waals surface area contributed by atoms with E-state index < -0.39 is 0 Å². The third kappa shape index (κ3) is 4.68. The van der Waals surface area contributed by atoms with Crippen LogP contribution in [0.2, 0.25) is 0 Å². The summed E-state index contributed by atoms with van der Waals surface area (Å²) in [6.45, 7) is 2.76. The van der Waals surface area contributed by atoms with Crippen molar-refractivity contribution in [1.29, 1.82) is 0 Å². The molecule has 5 rings (SSSR count). The van der Waals surface area contributed by atoms with Gasteiger partial charge in [-0.15, -0.1) is 0 Å². The molecule has 2 aromatic carbocycles. The number of fused-ring (bicyclic) bond motifs is 1. The molecule has 178 valence electrons. The number of pyridine rings is 2. The van der Waals surface area contributed by atoms with Gasteiger partial charge in [-0.2, -0.15) is 0 Å². The second kappa shape index (κ2) is 9.72. The topological polar surface area (TPSA) is 98.6 Å². The Balaban J connectivity index is 1.50. The molecule has 1 aliphatic heterocycles. The van der Waals surface area contributed by atoms with Crippen LogP contribution in [-0.4, -0.2) is 39.2 Å². The number of aliphatic hydroxyl groups is 1.